The number of carboxylic acids is 1. The third-order valence-electron chi connectivity index (χ3n) is 1.85. The Morgan fingerprint density at radius 2 is 2.00 bits per heavy atom. The summed E-state index contributed by atoms with van der Waals surface area (Å²) in [6.07, 6.45) is 1.05. The molecule has 6 nitrogen and oxygen atoms in total. The molecule has 0 fully saturated rings. The number of hydrogen-bond acceptors (Lipinski definition) is 3. The van der Waals surface area contributed by atoms with Crippen molar-refractivity contribution in [2.45, 2.75) is 32.2 Å². The van der Waals surface area contributed by atoms with E-state index in [1.54, 1.807) is 0 Å². The smallest absolute Gasteiger partial charge is 0.304 e. The Hall–Kier alpha value is -0.660. The van der Waals surface area contributed by atoms with Crippen molar-refractivity contribution < 1.29 is 18.3 Å². The number of hydrogen-bond donors (Lipinski definition) is 2. The maximum absolute atomic E-state index is 11.4. The highest BCUT2D eigenvalue weighted by atomic mass is 32.2. The SMILES string of the molecule is CCCC(CC(=O)O)NS(=O)(=O)N(C)C. The first-order valence-corrected chi connectivity index (χ1v) is 6.15. The predicted octanol–water partition coefficient (Wildman–Crippen LogP) is 0.0258. The van der Waals surface area contributed by atoms with E-state index in [1.807, 2.05) is 6.92 Å². The van der Waals surface area contributed by atoms with Crippen LogP contribution in [0, 0.1) is 0 Å². The van der Waals surface area contributed by atoms with Crippen LogP contribution in [0.15, 0.2) is 0 Å². The lowest BCUT2D eigenvalue weighted by atomic mass is 10.1. The molecule has 2 N–H and O–H groups in total. The van der Waals surface area contributed by atoms with Crippen molar-refractivity contribution in [2.75, 3.05) is 14.1 Å². The van der Waals surface area contributed by atoms with Gasteiger partial charge in [-0.25, -0.2) is 0 Å². The summed E-state index contributed by atoms with van der Waals surface area (Å²) < 4.78 is 26.2. The van der Waals surface area contributed by atoms with E-state index in [2.05, 4.69) is 4.72 Å². The topological polar surface area (TPSA) is 86.7 Å². The minimum atomic E-state index is -3.55. The Labute approximate surface area is 90.5 Å². The normalized spacial score (nSPS) is 14.1. The van der Waals surface area contributed by atoms with E-state index < -0.39 is 22.2 Å². The zero-order chi connectivity index (χ0) is 12.1. The first-order valence-electron chi connectivity index (χ1n) is 4.71. The molecule has 0 bridgehead atoms. The molecule has 0 aromatic heterocycles. The summed E-state index contributed by atoms with van der Waals surface area (Å²) in [7, 11) is -0.755. The second kappa shape index (κ2) is 6.04. The zero-order valence-corrected chi connectivity index (χ0v) is 10.0. The molecule has 0 heterocycles. The van der Waals surface area contributed by atoms with E-state index in [9.17, 15) is 13.2 Å². The molecule has 1 atom stereocenters. The van der Waals surface area contributed by atoms with Gasteiger partial charge in [0.1, 0.15) is 0 Å². The molecule has 0 aliphatic carbocycles. The maximum atomic E-state index is 11.4. The Kier molecular flexibility index (Phi) is 5.77. The summed E-state index contributed by atoms with van der Waals surface area (Å²) in [5.74, 6) is -1.00. The quantitative estimate of drug-likeness (QED) is 0.655. The molecule has 0 rings (SSSR count). The van der Waals surface area contributed by atoms with E-state index >= 15 is 0 Å². The maximum Gasteiger partial charge on any atom is 0.304 e. The summed E-state index contributed by atoms with van der Waals surface area (Å²) in [6, 6.07) is -0.542. The molecule has 0 spiro atoms. The van der Waals surface area contributed by atoms with Crippen LogP contribution in [0.1, 0.15) is 26.2 Å². The average Bonchev–Trinajstić information content (AvgIpc) is 2.01. The summed E-state index contributed by atoms with van der Waals surface area (Å²) in [5.41, 5.74) is 0. The molecule has 7 heteroatoms. The molecule has 0 saturated carbocycles. The number of nitrogens with zero attached hydrogens (tertiary/aromatic N) is 1. The Balaban J connectivity index is 4.47. The largest absolute Gasteiger partial charge is 0.481 e. The molecular formula is C8H18N2O4S. The Bertz CT molecular complexity index is 300. The average molecular weight is 238 g/mol. The lowest BCUT2D eigenvalue weighted by molar-refractivity contribution is -0.137. The fourth-order valence-electron chi connectivity index (χ4n) is 1.08. The van der Waals surface area contributed by atoms with Gasteiger partial charge in [0.25, 0.3) is 10.2 Å². The first-order chi connectivity index (χ1) is 6.79. The van der Waals surface area contributed by atoms with Crippen molar-refractivity contribution in [2.24, 2.45) is 0 Å². The highest BCUT2D eigenvalue weighted by molar-refractivity contribution is 7.87. The van der Waals surface area contributed by atoms with Crippen LogP contribution in [0.2, 0.25) is 0 Å². The van der Waals surface area contributed by atoms with E-state index in [0.29, 0.717) is 6.42 Å². The molecular weight excluding hydrogens is 220 g/mol. The summed E-state index contributed by atoms with van der Waals surface area (Å²) >= 11 is 0. The van der Waals surface area contributed by atoms with Gasteiger partial charge in [0.2, 0.25) is 0 Å². The molecule has 0 amide bonds. The summed E-state index contributed by atoms with van der Waals surface area (Å²) in [4.78, 5) is 10.5. The van der Waals surface area contributed by atoms with E-state index in [0.717, 1.165) is 10.7 Å². The van der Waals surface area contributed by atoms with Crippen molar-refractivity contribution in [3.63, 3.8) is 0 Å². The van der Waals surface area contributed by atoms with Crippen LogP contribution in [-0.2, 0) is 15.0 Å². The van der Waals surface area contributed by atoms with Crippen LogP contribution >= 0.6 is 0 Å². The number of carbonyl (C=O) groups is 1. The molecule has 0 aliphatic rings. The van der Waals surface area contributed by atoms with Crippen molar-refractivity contribution in [1.29, 1.82) is 0 Å². The number of carboxylic acid groups (broad SMARTS) is 1. The van der Waals surface area contributed by atoms with Crippen LogP contribution in [-0.4, -0.2) is 43.9 Å². The molecule has 0 saturated heterocycles. The van der Waals surface area contributed by atoms with Crippen molar-refractivity contribution >= 4 is 16.2 Å². The lowest BCUT2D eigenvalue weighted by Gasteiger charge is -2.19. The molecule has 15 heavy (non-hydrogen) atoms. The monoisotopic (exact) mass is 238 g/mol. The van der Waals surface area contributed by atoms with Gasteiger partial charge in [-0.1, -0.05) is 13.3 Å². The van der Waals surface area contributed by atoms with Crippen LogP contribution < -0.4 is 4.72 Å². The van der Waals surface area contributed by atoms with Gasteiger partial charge >= 0.3 is 5.97 Å². The first kappa shape index (κ1) is 14.3. The van der Waals surface area contributed by atoms with Gasteiger partial charge in [-0.05, 0) is 6.42 Å². The van der Waals surface area contributed by atoms with Crippen molar-refractivity contribution in [3.8, 4) is 0 Å². The van der Waals surface area contributed by atoms with E-state index in [4.69, 9.17) is 5.11 Å². The second-order valence-electron chi connectivity index (χ2n) is 3.49. The highest BCUT2D eigenvalue weighted by Crippen LogP contribution is 2.04. The number of rotatable bonds is 7. The molecule has 90 valence electrons. The number of aliphatic carboxylic acids is 1. The van der Waals surface area contributed by atoms with Gasteiger partial charge in [-0.15, -0.1) is 0 Å². The molecule has 0 aromatic rings. The minimum Gasteiger partial charge on any atom is -0.481 e. The van der Waals surface area contributed by atoms with E-state index in [1.165, 1.54) is 14.1 Å². The van der Waals surface area contributed by atoms with Crippen LogP contribution in [0.4, 0.5) is 0 Å². The predicted molar refractivity (Wildman–Crippen MR) is 56.7 cm³/mol. The Morgan fingerprint density at radius 1 is 1.47 bits per heavy atom. The highest BCUT2D eigenvalue weighted by Gasteiger charge is 2.21. The molecule has 0 aliphatic heterocycles. The van der Waals surface area contributed by atoms with Crippen LogP contribution in [0.3, 0.4) is 0 Å². The van der Waals surface area contributed by atoms with E-state index in [-0.39, 0.29) is 6.42 Å². The number of nitrogens with one attached hydrogen (secondary N) is 1. The van der Waals surface area contributed by atoms with Gasteiger partial charge in [0.05, 0.1) is 6.42 Å². The third kappa shape index (κ3) is 5.71. The third-order valence-corrected chi connectivity index (χ3v) is 3.45. The minimum absolute atomic E-state index is 0.194. The molecule has 1 unspecified atom stereocenters. The zero-order valence-electron chi connectivity index (χ0n) is 9.23. The van der Waals surface area contributed by atoms with Gasteiger partial charge in [-0.3, -0.25) is 4.79 Å². The van der Waals surface area contributed by atoms with Crippen molar-refractivity contribution in [3.05, 3.63) is 0 Å². The summed E-state index contributed by atoms with van der Waals surface area (Å²) in [5, 5.41) is 8.60. The lowest BCUT2D eigenvalue weighted by Crippen LogP contribution is -2.42. The van der Waals surface area contributed by atoms with Crippen LogP contribution in [0.5, 0.6) is 0 Å². The van der Waals surface area contributed by atoms with Gasteiger partial charge in [-0.2, -0.15) is 17.4 Å². The van der Waals surface area contributed by atoms with Crippen LogP contribution in [0.25, 0.3) is 0 Å². The second-order valence-corrected chi connectivity index (χ2v) is 5.40. The van der Waals surface area contributed by atoms with Gasteiger partial charge < -0.3 is 5.11 Å². The summed E-state index contributed by atoms with van der Waals surface area (Å²) in [6.45, 7) is 1.87. The molecule has 0 radical (unpaired) electrons. The molecule has 0 aromatic carbocycles. The fraction of sp³-hybridized carbons (Fsp3) is 0.875. The Morgan fingerprint density at radius 3 is 2.33 bits per heavy atom. The van der Waals surface area contributed by atoms with Gasteiger partial charge in [0, 0.05) is 20.1 Å². The van der Waals surface area contributed by atoms with Crippen molar-refractivity contribution in [1.82, 2.24) is 9.03 Å². The standard InChI is InChI=1S/C8H18N2O4S/c1-4-5-7(6-8(11)12)9-15(13,14)10(2)3/h7,9H,4-6H2,1-3H3,(H,11,12). The van der Waals surface area contributed by atoms with Gasteiger partial charge in [0.15, 0.2) is 0 Å². The fourth-order valence-corrected chi connectivity index (χ4v) is 1.91.